The second-order valence-electron chi connectivity index (χ2n) is 4.12. The minimum absolute atomic E-state index is 0.0928. The number of halogens is 3. The Labute approximate surface area is 138 Å². The molecule has 2 aromatic carbocycles. The van der Waals surface area contributed by atoms with Gasteiger partial charge in [0.25, 0.3) is 10.0 Å². The summed E-state index contributed by atoms with van der Waals surface area (Å²) in [5.74, 6) is 0. The number of anilines is 1. The third-order valence-electron chi connectivity index (χ3n) is 2.67. The Balaban J connectivity index is 2.39. The van der Waals surface area contributed by atoms with Crippen LogP contribution in [0.2, 0.25) is 15.1 Å². The normalized spacial score (nSPS) is 11.2. The first-order valence-corrected chi connectivity index (χ1v) is 8.35. The molecule has 2 rings (SSSR count). The molecular formula is C14H10Cl3NO2S. The van der Waals surface area contributed by atoms with Crippen molar-refractivity contribution in [3.63, 3.8) is 0 Å². The van der Waals surface area contributed by atoms with E-state index in [-0.39, 0.29) is 20.6 Å². The molecular weight excluding hydrogens is 353 g/mol. The molecule has 0 unspecified atom stereocenters. The predicted octanol–water partition coefficient (Wildman–Crippen LogP) is 5.09. The molecule has 0 aliphatic carbocycles. The minimum Gasteiger partial charge on any atom is -0.277 e. The van der Waals surface area contributed by atoms with E-state index in [4.69, 9.17) is 34.8 Å². The van der Waals surface area contributed by atoms with E-state index in [9.17, 15) is 8.42 Å². The number of hydrogen-bond acceptors (Lipinski definition) is 2. The van der Waals surface area contributed by atoms with Crippen LogP contribution >= 0.6 is 34.8 Å². The summed E-state index contributed by atoms with van der Waals surface area (Å²) in [5, 5.41) is 0.570. The molecule has 0 fully saturated rings. The Bertz CT molecular complexity index is 763. The van der Waals surface area contributed by atoms with E-state index in [2.05, 4.69) is 11.3 Å². The molecule has 7 heteroatoms. The summed E-state index contributed by atoms with van der Waals surface area (Å²) >= 11 is 17.7. The first-order chi connectivity index (χ1) is 9.83. The summed E-state index contributed by atoms with van der Waals surface area (Å²) in [7, 11) is -3.79. The first-order valence-electron chi connectivity index (χ1n) is 5.73. The molecule has 0 aliphatic rings. The van der Waals surface area contributed by atoms with Crippen LogP contribution in [0.3, 0.4) is 0 Å². The molecule has 0 radical (unpaired) electrons. The van der Waals surface area contributed by atoms with E-state index in [1.807, 2.05) is 0 Å². The molecule has 21 heavy (non-hydrogen) atoms. The monoisotopic (exact) mass is 361 g/mol. The summed E-state index contributed by atoms with van der Waals surface area (Å²) in [6.07, 6.45) is 1.62. The Morgan fingerprint density at radius 2 is 1.52 bits per heavy atom. The summed E-state index contributed by atoms with van der Waals surface area (Å²) < 4.78 is 27.0. The van der Waals surface area contributed by atoms with Crippen molar-refractivity contribution in [3.8, 4) is 0 Å². The standard InChI is InChI=1S/C14H10Cl3NO2S/c1-2-9-3-5-11(6-4-9)21(19,20)18-14-12(16)7-10(15)8-13(14)17/h2-8,18H,1H2. The largest absolute Gasteiger partial charge is 0.277 e. The molecule has 0 atom stereocenters. The van der Waals surface area contributed by atoms with Gasteiger partial charge in [-0.2, -0.15) is 0 Å². The highest BCUT2D eigenvalue weighted by Gasteiger charge is 2.18. The van der Waals surface area contributed by atoms with Crippen LogP contribution in [0.5, 0.6) is 0 Å². The average molecular weight is 363 g/mol. The van der Waals surface area contributed by atoms with Crippen LogP contribution in [0.4, 0.5) is 5.69 Å². The van der Waals surface area contributed by atoms with E-state index in [1.165, 1.54) is 24.3 Å². The van der Waals surface area contributed by atoms with E-state index >= 15 is 0 Å². The molecule has 3 nitrogen and oxygen atoms in total. The number of hydrogen-bond donors (Lipinski definition) is 1. The molecule has 2 aromatic rings. The highest BCUT2D eigenvalue weighted by atomic mass is 35.5. The predicted molar refractivity (Wildman–Crippen MR) is 88.8 cm³/mol. The molecule has 0 amide bonds. The second-order valence-corrected chi connectivity index (χ2v) is 7.06. The lowest BCUT2D eigenvalue weighted by Gasteiger charge is -2.12. The van der Waals surface area contributed by atoms with Crippen molar-refractivity contribution in [1.29, 1.82) is 0 Å². The zero-order chi connectivity index (χ0) is 15.6. The van der Waals surface area contributed by atoms with E-state index in [0.29, 0.717) is 5.02 Å². The second kappa shape index (κ2) is 6.28. The van der Waals surface area contributed by atoms with Crippen molar-refractivity contribution >= 4 is 56.6 Å². The number of rotatable bonds is 4. The third-order valence-corrected chi connectivity index (χ3v) is 4.85. The van der Waals surface area contributed by atoms with Gasteiger partial charge >= 0.3 is 0 Å². The first kappa shape index (κ1) is 16.2. The van der Waals surface area contributed by atoms with Crippen molar-refractivity contribution in [3.05, 3.63) is 63.6 Å². The van der Waals surface area contributed by atoms with E-state index in [0.717, 1.165) is 5.56 Å². The van der Waals surface area contributed by atoms with Gasteiger partial charge in [0.05, 0.1) is 20.6 Å². The fourth-order valence-electron chi connectivity index (χ4n) is 1.62. The lowest BCUT2D eigenvalue weighted by Crippen LogP contribution is -2.13. The van der Waals surface area contributed by atoms with Crippen molar-refractivity contribution in [2.45, 2.75) is 4.90 Å². The minimum atomic E-state index is -3.79. The van der Waals surface area contributed by atoms with E-state index in [1.54, 1.807) is 18.2 Å². The van der Waals surface area contributed by atoms with Crippen LogP contribution in [0, 0.1) is 0 Å². The molecule has 0 spiro atoms. The van der Waals surface area contributed by atoms with Gasteiger partial charge in [0.2, 0.25) is 0 Å². The number of benzene rings is 2. The molecule has 1 N–H and O–H groups in total. The zero-order valence-corrected chi connectivity index (χ0v) is 13.7. The zero-order valence-electron chi connectivity index (χ0n) is 10.6. The summed E-state index contributed by atoms with van der Waals surface area (Å²) in [6.45, 7) is 3.61. The van der Waals surface area contributed by atoms with Gasteiger partial charge in [-0.25, -0.2) is 8.42 Å². The van der Waals surface area contributed by atoms with E-state index < -0.39 is 10.0 Å². The summed E-state index contributed by atoms with van der Waals surface area (Å²) in [5.41, 5.74) is 0.909. The van der Waals surface area contributed by atoms with Gasteiger partial charge in [-0.05, 0) is 29.8 Å². The highest BCUT2D eigenvalue weighted by Crippen LogP contribution is 2.35. The van der Waals surface area contributed by atoms with Crippen LogP contribution in [0.15, 0.2) is 47.9 Å². The number of nitrogens with one attached hydrogen (secondary N) is 1. The van der Waals surface area contributed by atoms with Gasteiger partial charge in [-0.3, -0.25) is 4.72 Å². The molecule has 0 bridgehead atoms. The topological polar surface area (TPSA) is 46.2 Å². The van der Waals surface area contributed by atoms with Crippen molar-refractivity contribution in [2.75, 3.05) is 4.72 Å². The van der Waals surface area contributed by atoms with Crippen LogP contribution in [0.25, 0.3) is 6.08 Å². The molecule has 0 aliphatic heterocycles. The lowest BCUT2D eigenvalue weighted by molar-refractivity contribution is 0.601. The van der Waals surface area contributed by atoms with Crippen molar-refractivity contribution in [1.82, 2.24) is 0 Å². The maximum absolute atomic E-state index is 12.3. The maximum Gasteiger partial charge on any atom is 0.261 e. The fraction of sp³-hybridized carbons (Fsp3) is 0. The fourth-order valence-corrected chi connectivity index (χ4v) is 3.74. The van der Waals surface area contributed by atoms with Crippen LogP contribution < -0.4 is 4.72 Å². The Morgan fingerprint density at radius 3 is 2.00 bits per heavy atom. The highest BCUT2D eigenvalue weighted by molar-refractivity contribution is 7.92. The molecule has 0 heterocycles. The third kappa shape index (κ3) is 3.71. The van der Waals surface area contributed by atoms with Crippen molar-refractivity contribution < 1.29 is 8.42 Å². The summed E-state index contributed by atoms with van der Waals surface area (Å²) in [4.78, 5) is 0.0928. The molecule has 0 aromatic heterocycles. The average Bonchev–Trinajstić information content (AvgIpc) is 2.43. The smallest absolute Gasteiger partial charge is 0.261 e. The Morgan fingerprint density at radius 1 is 1.00 bits per heavy atom. The van der Waals surface area contributed by atoms with Gasteiger partial charge in [-0.15, -0.1) is 0 Å². The van der Waals surface area contributed by atoms with Crippen LogP contribution in [0.1, 0.15) is 5.56 Å². The molecule has 0 saturated heterocycles. The Kier molecular flexibility index (Phi) is 4.84. The summed E-state index contributed by atoms with van der Waals surface area (Å²) in [6, 6.07) is 9.05. The van der Waals surface area contributed by atoms with Gasteiger partial charge < -0.3 is 0 Å². The quantitative estimate of drug-likeness (QED) is 0.823. The van der Waals surface area contributed by atoms with Crippen LogP contribution in [-0.4, -0.2) is 8.42 Å². The SMILES string of the molecule is C=Cc1ccc(S(=O)(=O)Nc2c(Cl)cc(Cl)cc2Cl)cc1. The molecule has 110 valence electrons. The maximum atomic E-state index is 12.3. The Hall–Kier alpha value is -1.20. The van der Waals surface area contributed by atoms with Gasteiger partial charge in [0.1, 0.15) is 0 Å². The number of sulfonamides is 1. The van der Waals surface area contributed by atoms with Crippen LogP contribution in [-0.2, 0) is 10.0 Å². The van der Waals surface area contributed by atoms with Gasteiger partial charge in [-0.1, -0.05) is 59.6 Å². The van der Waals surface area contributed by atoms with Gasteiger partial charge in [0.15, 0.2) is 0 Å². The van der Waals surface area contributed by atoms with Gasteiger partial charge in [0, 0.05) is 5.02 Å². The molecule has 0 saturated carbocycles. The lowest BCUT2D eigenvalue weighted by atomic mass is 10.2. The van der Waals surface area contributed by atoms with Crippen molar-refractivity contribution in [2.24, 2.45) is 0 Å².